The third kappa shape index (κ3) is 4.20. The average Bonchev–Trinajstić information content (AvgIpc) is 2.48. The van der Waals surface area contributed by atoms with Crippen LogP contribution in [0.1, 0.15) is 32.1 Å². The number of nitrogens with one attached hydrogen (secondary N) is 2. The largest absolute Gasteiger partial charge is 0.335 e. The number of sulfonamides is 1. The molecule has 1 aromatic carbocycles. The van der Waals surface area contributed by atoms with E-state index >= 15 is 0 Å². The van der Waals surface area contributed by atoms with E-state index < -0.39 is 10.0 Å². The molecule has 2 N–H and O–H groups in total. The van der Waals surface area contributed by atoms with E-state index in [1.807, 2.05) is 0 Å². The maximum Gasteiger partial charge on any atom is 0.319 e. The Hall–Kier alpha value is -1.60. The minimum atomic E-state index is -3.50. The zero-order valence-electron chi connectivity index (χ0n) is 13.0. The molecule has 0 radical (unpaired) electrons. The van der Waals surface area contributed by atoms with Crippen LogP contribution in [0.3, 0.4) is 0 Å². The van der Waals surface area contributed by atoms with Crippen molar-refractivity contribution in [2.24, 2.45) is 0 Å². The second-order valence-corrected chi connectivity index (χ2v) is 7.90. The molecule has 0 atom stereocenters. The van der Waals surface area contributed by atoms with Gasteiger partial charge in [-0.25, -0.2) is 17.5 Å². The molecule has 1 saturated carbocycles. The first-order valence-corrected chi connectivity index (χ1v) is 8.94. The molecule has 0 spiro atoms. The molecule has 0 unspecified atom stereocenters. The Bertz CT molecular complexity index is 623. The number of amides is 2. The summed E-state index contributed by atoms with van der Waals surface area (Å²) in [4.78, 5) is 12.2. The van der Waals surface area contributed by atoms with Crippen LogP contribution in [-0.4, -0.2) is 38.9 Å². The molecule has 22 heavy (non-hydrogen) atoms. The molecule has 2 rings (SSSR count). The predicted octanol–water partition coefficient (Wildman–Crippen LogP) is 2.39. The van der Waals surface area contributed by atoms with Crippen LogP contribution in [0, 0.1) is 0 Å². The summed E-state index contributed by atoms with van der Waals surface area (Å²) in [5.41, 5.74) is 0.469. The predicted molar refractivity (Wildman–Crippen MR) is 86.3 cm³/mol. The second-order valence-electron chi connectivity index (χ2n) is 5.75. The van der Waals surface area contributed by atoms with Gasteiger partial charge in [0.1, 0.15) is 0 Å². The normalized spacial score (nSPS) is 16.5. The van der Waals surface area contributed by atoms with E-state index in [-0.39, 0.29) is 17.0 Å². The van der Waals surface area contributed by atoms with Gasteiger partial charge in [-0.1, -0.05) is 25.3 Å². The Labute approximate surface area is 131 Å². The summed E-state index contributed by atoms with van der Waals surface area (Å²) in [6.07, 6.45) is 5.51. The Balaban J connectivity index is 2.02. The van der Waals surface area contributed by atoms with Crippen molar-refractivity contribution in [1.29, 1.82) is 0 Å². The van der Waals surface area contributed by atoms with Crippen LogP contribution in [0.25, 0.3) is 0 Å². The molecule has 7 heteroatoms. The number of anilines is 1. The third-order valence-corrected chi connectivity index (χ3v) is 5.62. The fraction of sp³-hybridized carbons (Fsp3) is 0.533. The molecule has 1 aliphatic rings. The van der Waals surface area contributed by atoms with Crippen LogP contribution in [0.2, 0.25) is 0 Å². The first-order valence-electron chi connectivity index (χ1n) is 7.50. The summed E-state index contributed by atoms with van der Waals surface area (Å²) in [5, 5.41) is 5.65. The van der Waals surface area contributed by atoms with Gasteiger partial charge in [-0.15, -0.1) is 0 Å². The minimum Gasteiger partial charge on any atom is -0.335 e. The van der Waals surface area contributed by atoms with E-state index in [1.165, 1.54) is 32.6 Å². The SMILES string of the molecule is CN(C)S(=O)(=O)c1cccc(NC(=O)NC2CCCCC2)c1. The lowest BCUT2D eigenvalue weighted by Crippen LogP contribution is -2.39. The fourth-order valence-electron chi connectivity index (χ4n) is 2.54. The monoisotopic (exact) mass is 325 g/mol. The van der Waals surface area contributed by atoms with Gasteiger partial charge in [-0.2, -0.15) is 0 Å². The highest BCUT2D eigenvalue weighted by Gasteiger charge is 2.18. The molecule has 6 nitrogen and oxygen atoms in total. The first kappa shape index (κ1) is 16.8. The van der Waals surface area contributed by atoms with E-state index in [0.29, 0.717) is 5.69 Å². The van der Waals surface area contributed by atoms with Gasteiger partial charge in [-0.05, 0) is 31.0 Å². The van der Waals surface area contributed by atoms with Crippen molar-refractivity contribution in [3.05, 3.63) is 24.3 Å². The lowest BCUT2D eigenvalue weighted by atomic mass is 9.96. The smallest absolute Gasteiger partial charge is 0.319 e. The first-order chi connectivity index (χ1) is 10.4. The third-order valence-electron chi connectivity index (χ3n) is 3.81. The van der Waals surface area contributed by atoms with E-state index in [0.717, 1.165) is 30.0 Å². The zero-order chi connectivity index (χ0) is 16.2. The maximum atomic E-state index is 12.1. The van der Waals surface area contributed by atoms with Crippen LogP contribution in [0.15, 0.2) is 29.2 Å². The van der Waals surface area contributed by atoms with E-state index in [2.05, 4.69) is 10.6 Å². The van der Waals surface area contributed by atoms with Gasteiger partial charge < -0.3 is 10.6 Å². The van der Waals surface area contributed by atoms with Gasteiger partial charge >= 0.3 is 6.03 Å². The number of hydrogen-bond donors (Lipinski definition) is 2. The van der Waals surface area contributed by atoms with E-state index in [9.17, 15) is 13.2 Å². The molecule has 1 aliphatic carbocycles. The van der Waals surface area contributed by atoms with Gasteiger partial charge in [0.15, 0.2) is 0 Å². The minimum absolute atomic E-state index is 0.160. The highest BCUT2D eigenvalue weighted by Crippen LogP contribution is 2.19. The van der Waals surface area contributed by atoms with Crippen molar-refractivity contribution in [1.82, 2.24) is 9.62 Å². The van der Waals surface area contributed by atoms with Gasteiger partial charge in [0, 0.05) is 25.8 Å². The van der Waals surface area contributed by atoms with Crippen molar-refractivity contribution in [3.63, 3.8) is 0 Å². The quantitative estimate of drug-likeness (QED) is 0.892. The van der Waals surface area contributed by atoms with Crippen LogP contribution in [-0.2, 0) is 10.0 Å². The number of urea groups is 1. The fourth-order valence-corrected chi connectivity index (χ4v) is 3.49. The molecule has 1 fully saturated rings. The number of benzene rings is 1. The van der Waals surface area contributed by atoms with Gasteiger partial charge in [0.05, 0.1) is 4.90 Å². The van der Waals surface area contributed by atoms with Crippen molar-refractivity contribution in [2.75, 3.05) is 19.4 Å². The number of carbonyl (C=O) groups excluding carboxylic acids is 1. The van der Waals surface area contributed by atoms with Crippen LogP contribution < -0.4 is 10.6 Å². The Morgan fingerprint density at radius 3 is 2.50 bits per heavy atom. The zero-order valence-corrected chi connectivity index (χ0v) is 13.8. The standard InChI is InChI=1S/C15H23N3O3S/c1-18(2)22(20,21)14-10-6-9-13(11-14)17-15(19)16-12-7-4-3-5-8-12/h6,9-12H,3-5,7-8H2,1-2H3,(H2,16,17,19). The van der Waals surface area contributed by atoms with Crippen LogP contribution >= 0.6 is 0 Å². The number of rotatable bonds is 4. The molecule has 122 valence electrons. The van der Waals surface area contributed by atoms with Crippen molar-refractivity contribution in [2.45, 2.75) is 43.0 Å². The maximum absolute atomic E-state index is 12.1. The molecule has 0 aliphatic heterocycles. The van der Waals surface area contributed by atoms with Gasteiger partial charge in [0.2, 0.25) is 10.0 Å². The molecule has 0 saturated heterocycles. The molecular weight excluding hydrogens is 302 g/mol. The molecular formula is C15H23N3O3S. The average molecular weight is 325 g/mol. The highest BCUT2D eigenvalue weighted by molar-refractivity contribution is 7.89. The lowest BCUT2D eigenvalue weighted by molar-refractivity contribution is 0.244. The summed E-state index contributed by atoms with van der Waals surface area (Å²) >= 11 is 0. The van der Waals surface area contributed by atoms with E-state index in [4.69, 9.17) is 0 Å². The summed E-state index contributed by atoms with van der Waals surface area (Å²) < 4.78 is 25.3. The molecule has 0 aromatic heterocycles. The molecule has 0 bridgehead atoms. The van der Waals surface area contributed by atoms with Crippen molar-refractivity contribution < 1.29 is 13.2 Å². The summed E-state index contributed by atoms with van der Waals surface area (Å²) in [5.74, 6) is 0. The molecule has 1 aromatic rings. The van der Waals surface area contributed by atoms with Crippen LogP contribution in [0.4, 0.5) is 10.5 Å². The summed E-state index contributed by atoms with van der Waals surface area (Å²) in [6.45, 7) is 0. The topological polar surface area (TPSA) is 78.5 Å². The van der Waals surface area contributed by atoms with E-state index in [1.54, 1.807) is 12.1 Å². The number of hydrogen-bond acceptors (Lipinski definition) is 3. The highest BCUT2D eigenvalue weighted by atomic mass is 32.2. The van der Waals surface area contributed by atoms with Gasteiger partial charge in [0.25, 0.3) is 0 Å². The number of nitrogens with zero attached hydrogens (tertiary/aromatic N) is 1. The Morgan fingerprint density at radius 1 is 1.18 bits per heavy atom. The second kappa shape index (κ2) is 7.11. The molecule has 2 amide bonds. The molecule has 0 heterocycles. The lowest BCUT2D eigenvalue weighted by Gasteiger charge is -2.23. The van der Waals surface area contributed by atoms with Crippen LogP contribution in [0.5, 0.6) is 0 Å². The van der Waals surface area contributed by atoms with Crippen molar-refractivity contribution >= 4 is 21.7 Å². The van der Waals surface area contributed by atoms with Gasteiger partial charge in [-0.3, -0.25) is 0 Å². The van der Waals surface area contributed by atoms with Crippen molar-refractivity contribution in [3.8, 4) is 0 Å². The Kier molecular flexibility index (Phi) is 5.42. The Morgan fingerprint density at radius 2 is 1.86 bits per heavy atom. The summed E-state index contributed by atoms with van der Waals surface area (Å²) in [7, 11) is -0.546. The summed E-state index contributed by atoms with van der Waals surface area (Å²) in [6, 6.07) is 6.20. The number of carbonyl (C=O) groups is 1.